The molecule has 2 aliphatic rings. The van der Waals surface area contributed by atoms with Crippen LogP contribution in [0.4, 0.5) is 8.78 Å². The molecule has 2 N–H and O–H groups in total. The second-order valence-electron chi connectivity index (χ2n) is 6.25. The maximum absolute atomic E-state index is 14.1. The number of hydrogen-bond acceptors (Lipinski definition) is 3. The van der Waals surface area contributed by atoms with E-state index >= 15 is 0 Å². The molecule has 1 aliphatic carbocycles. The number of halogens is 2. The lowest BCUT2D eigenvalue weighted by Gasteiger charge is -2.40. The van der Waals surface area contributed by atoms with Gasteiger partial charge in [-0.05, 0) is 32.1 Å². The summed E-state index contributed by atoms with van der Waals surface area (Å²) < 4.78 is 33.4. The molecule has 0 aromatic rings. The zero-order valence-corrected chi connectivity index (χ0v) is 12.2. The molecule has 7 atom stereocenters. The van der Waals surface area contributed by atoms with E-state index in [0.717, 1.165) is 31.3 Å². The van der Waals surface area contributed by atoms with Gasteiger partial charge in [0, 0.05) is 5.92 Å². The SMILES string of the molecule is C=C(C)C1CCCC(OC2NC(O)C(F)C(C)C2F)C1. The largest absolute Gasteiger partial charge is 0.375 e. The molecular formula is C15H25F2NO2. The number of allylic oxidation sites excluding steroid dienone is 1. The molecule has 2 rings (SSSR count). The van der Waals surface area contributed by atoms with Crippen molar-refractivity contribution >= 4 is 0 Å². The molecule has 0 spiro atoms. The van der Waals surface area contributed by atoms with Gasteiger partial charge in [-0.2, -0.15) is 0 Å². The molecule has 1 heterocycles. The van der Waals surface area contributed by atoms with Gasteiger partial charge in [0.1, 0.15) is 24.8 Å². The molecule has 20 heavy (non-hydrogen) atoms. The van der Waals surface area contributed by atoms with Gasteiger partial charge in [0.2, 0.25) is 0 Å². The molecule has 0 amide bonds. The number of nitrogens with one attached hydrogen (secondary N) is 1. The van der Waals surface area contributed by atoms with Gasteiger partial charge in [0.05, 0.1) is 6.10 Å². The monoisotopic (exact) mass is 289 g/mol. The molecule has 116 valence electrons. The molecule has 0 radical (unpaired) electrons. The normalized spacial score (nSPS) is 46.1. The number of aliphatic hydroxyl groups excluding tert-OH is 1. The molecule has 2 fully saturated rings. The highest BCUT2D eigenvalue weighted by Gasteiger charge is 2.44. The molecule has 1 saturated heterocycles. The van der Waals surface area contributed by atoms with E-state index in [9.17, 15) is 13.9 Å². The van der Waals surface area contributed by atoms with Crippen molar-refractivity contribution in [2.45, 2.75) is 70.4 Å². The summed E-state index contributed by atoms with van der Waals surface area (Å²) in [5.74, 6) is -0.455. The van der Waals surface area contributed by atoms with Crippen molar-refractivity contribution in [1.82, 2.24) is 5.32 Å². The third-order valence-electron chi connectivity index (χ3n) is 4.59. The highest BCUT2D eigenvalue weighted by molar-refractivity contribution is 4.99. The Morgan fingerprint density at radius 2 is 2.00 bits per heavy atom. The van der Waals surface area contributed by atoms with E-state index in [-0.39, 0.29) is 6.10 Å². The third-order valence-corrected chi connectivity index (χ3v) is 4.59. The molecule has 5 heteroatoms. The Hall–Kier alpha value is -0.520. The standard InChI is InChI=1S/C15H25F2NO2/c1-8(2)10-5-4-6-11(7-10)20-15-13(17)9(3)12(16)14(19)18-15/h9-15,18-19H,1,4-7H2,2-3H3. The summed E-state index contributed by atoms with van der Waals surface area (Å²) >= 11 is 0. The summed E-state index contributed by atoms with van der Waals surface area (Å²) in [5.41, 5.74) is 1.13. The topological polar surface area (TPSA) is 41.5 Å². The molecule has 1 saturated carbocycles. The van der Waals surface area contributed by atoms with Crippen LogP contribution in [0.25, 0.3) is 0 Å². The first-order chi connectivity index (χ1) is 9.40. The Morgan fingerprint density at radius 3 is 2.65 bits per heavy atom. The maximum Gasteiger partial charge on any atom is 0.145 e. The second kappa shape index (κ2) is 6.50. The van der Waals surface area contributed by atoms with Crippen LogP contribution in [0.2, 0.25) is 0 Å². The van der Waals surface area contributed by atoms with Crippen molar-refractivity contribution in [3.05, 3.63) is 12.2 Å². The van der Waals surface area contributed by atoms with Gasteiger partial charge in [0.25, 0.3) is 0 Å². The minimum absolute atomic E-state index is 0.0586. The smallest absolute Gasteiger partial charge is 0.145 e. The lowest BCUT2D eigenvalue weighted by atomic mass is 9.83. The Morgan fingerprint density at radius 1 is 1.30 bits per heavy atom. The summed E-state index contributed by atoms with van der Waals surface area (Å²) in [4.78, 5) is 0. The van der Waals surface area contributed by atoms with E-state index in [0.29, 0.717) is 5.92 Å². The fourth-order valence-corrected chi connectivity index (χ4v) is 3.13. The average Bonchev–Trinajstić information content (AvgIpc) is 2.42. The van der Waals surface area contributed by atoms with Crippen LogP contribution in [-0.2, 0) is 4.74 Å². The zero-order chi connectivity index (χ0) is 14.9. The molecule has 0 aromatic carbocycles. The summed E-state index contributed by atoms with van der Waals surface area (Å²) in [6.07, 6.45) is -1.58. The van der Waals surface area contributed by atoms with Crippen LogP contribution in [0, 0.1) is 11.8 Å². The summed E-state index contributed by atoms with van der Waals surface area (Å²) in [6, 6.07) is 0. The van der Waals surface area contributed by atoms with E-state index in [2.05, 4.69) is 11.9 Å². The predicted octanol–water partition coefficient (Wildman–Crippen LogP) is 2.70. The van der Waals surface area contributed by atoms with E-state index < -0.39 is 30.7 Å². The Kier molecular flexibility index (Phi) is 5.15. The predicted molar refractivity (Wildman–Crippen MR) is 73.5 cm³/mol. The molecular weight excluding hydrogens is 264 g/mol. The molecule has 0 bridgehead atoms. The lowest BCUT2D eigenvalue weighted by molar-refractivity contribution is -0.163. The molecule has 3 nitrogen and oxygen atoms in total. The third kappa shape index (κ3) is 3.38. The molecule has 1 aliphatic heterocycles. The van der Waals surface area contributed by atoms with Crippen LogP contribution in [0.15, 0.2) is 12.2 Å². The van der Waals surface area contributed by atoms with Crippen molar-refractivity contribution in [3.63, 3.8) is 0 Å². The van der Waals surface area contributed by atoms with Crippen molar-refractivity contribution in [2.75, 3.05) is 0 Å². The van der Waals surface area contributed by atoms with Gasteiger partial charge in [0.15, 0.2) is 0 Å². The van der Waals surface area contributed by atoms with Gasteiger partial charge in [-0.15, -0.1) is 0 Å². The van der Waals surface area contributed by atoms with Crippen LogP contribution in [-0.4, -0.2) is 36.0 Å². The first-order valence-corrected chi connectivity index (χ1v) is 7.43. The quantitative estimate of drug-likeness (QED) is 0.785. The number of rotatable bonds is 3. The van der Waals surface area contributed by atoms with E-state index in [1.54, 1.807) is 0 Å². The van der Waals surface area contributed by atoms with Gasteiger partial charge < -0.3 is 9.84 Å². The van der Waals surface area contributed by atoms with Crippen LogP contribution in [0.5, 0.6) is 0 Å². The van der Waals surface area contributed by atoms with Crippen LogP contribution >= 0.6 is 0 Å². The minimum atomic E-state index is -1.60. The Labute approximate surface area is 119 Å². The van der Waals surface area contributed by atoms with Crippen molar-refractivity contribution in [1.29, 1.82) is 0 Å². The zero-order valence-electron chi connectivity index (χ0n) is 12.2. The summed E-state index contributed by atoms with van der Waals surface area (Å²) in [7, 11) is 0. The average molecular weight is 289 g/mol. The van der Waals surface area contributed by atoms with Gasteiger partial charge >= 0.3 is 0 Å². The minimum Gasteiger partial charge on any atom is -0.375 e. The van der Waals surface area contributed by atoms with Crippen molar-refractivity contribution < 1.29 is 18.6 Å². The lowest BCUT2D eigenvalue weighted by Crippen LogP contribution is -2.60. The maximum atomic E-state index is 14.1. The fourth-order valence-electron chi connectivity index (χ4n) is 3.13. The van der Waals surface area contributed by atoms with Crippen molar-refractivity contribution in [2.24, 2.45) is 11.8 Å². The number of aliphatic hydroxyl groups is 1. The van der Waals surface area contributed by atoms with Crippen LogP contribution in [0.3, 0.4) is 0 Å². The van der Waals surface area contributed by atoms with Gasteiger partial charge in [-0.25, -0.2) is 8.78 Å². The molecule has 7 unspecified atom stereocenters. The number of ether oxygens (including phenoxy) is 1. The first-order valence-electron chi connectivity index (χ1n) is 7.43. The number of alkyl halides is 2. The van der Waals surface area contributed by atoms with E-state index in [1.807, 2.05) is 6.92 Å². The Bertz CT molecular complexity index is 353. The van der Waals surface area contributed by atoms with Crippen LogP contribution in [0.1, 0.15) is 39.5 Å². The van der Waals surface area contributed by atoms with Crippen LogP contribution < -0.4 is 5.32 Å². The number of piperidine rings is 1. The first kappa shape index (κ1) is 15.9. The fraction of sp³-hybridized carbons (Fsp3) is 0.867. The van der Waals surface area contributed by atoms with E-state index in [4.69, 9.17) is 4.74 Å². The van der Waals surface area contributed by atoms with E-state index in [1.165, 1.54) is 6.92 Å². The Balaban J connectivity index is 1.93. The summed E-state index contributed by atoms with van der Waals surface area (Å²) in [5, 5.41) is 12.1. The van der Waals surface area contributed by atoms with Gasteiger partial charge in [-0.1, -0.05) is 25.5 Å². The summed E-state index contributed by atoms with van der Waals surface area (Å²) in [6.45, 7) is 7.44. The second-order valence-corrected chi connectivity index (χ2v) is 6.25. The van der Waals surface area contributed by atoms with Gasteiger partial charge in [-0.3, -0.25) is 5.32 Å². The highest BCUT2D eigenvalue weighted by atomic mass is 19.1. The van der Waals surface area contributed by atoms with Crippen molar-refractivity contribution in [3.8, 4) is 0 Å². The molecule has 0 aromatic heterocycles. The number of hydrogen-bond donors (Lipinski definition) is 2. The highest BCUT2D eigenvalue weighted by Crippen LogP contribution is 2.33.